The lowest BCUT2D eigenvalue weighted by atomic mass is 9.89. The van der Waals surface area contributed by atoms with Gasteiger partial charge in [-0.3, -0.25) is 4.90 Å². The number of likely N-dealkylation sites (tertiary alicyclic amines) is 1. The molecular weight excluding hydrogens is 316 g/mol. The maximum atomic E-state index is 11.5. The Morgan fingerprint density at radius 3 is 2.48 bits per heavy atom. The number of benzene rings is 1. The minimum Gasteiger partial charge on any atom is -0.465 e. The zero-order valence-electron chi connectivity index (χ0n) is 15.1. The first-order valence-corrected chi connectivity index (χ1v) is 9.50. The average Bonchev–Trinajstić information content (AvgIpc) is 2.67. The first-order valence-electron chi connectivity index (χ1n) is 9.50. The molecular formula is C20H30N2O3. The van der Waals surface area contributed by atoms with Crippen molar-refractivity contribution in [2.45, 2.75) is 63.3 Å². The molecule has 25 heavy (non-hydrogen) atoms. The number of aliphatic hydroxyl groups excluding tert-OH is 1. The van der Waals surface area contributed by atoms with E-state index < -0.39 is 0 Å². The molecule has 2 fully saturated rings. The molecule has 2 aliphatic rings. The lowest BCUT2D eigenvalue weighted by molar-refractivity contribution is 0.00714. The summed E-state index contributed by atoms with van der Waals surface area (Å²) in [6, 6.07) is 8.49. The van der Waals surface area contributed by atoms with Crippen molar-refractivity contribution in [2.24, 2.45) is 0 Å². The highest BCUT2D eigenvalue weighted by atomic mass is 16.5. The fraction of sp³-hybridized carbons (Fsp3) is 0.650. The molecule has 1 aromatic rings. The molecule has 0 spiro atoms. The van der Waals surface area contributed by atoms with Gasteiger partial charge in [-0.05, 0) is 43.4 Å². The summed E-state index contributed by atoms with van der Waals surface area (Å²) in [6.45, 7) is 2.96. The number of nitrogens with zero attached hydrogens (tertiary/aromatic N) is 1. The van der Waals surface area contributed by atoms with E-state index in [-0.39, 0.29) is 12.1 Å². The summed E-state index contributed by atoms with van der Waals surface area (Å²) in [5.41, 5.74) is 1.77. The minimum absolute atomic E-state index is 0.133. The Kier molecular flexibility index (Phi) is 6.45. The van der Waals surface area contributed by atoms with Crippen molar-refractivity contribution in [1.29, 1.82) is 0 Å². The number of esters is 1. The number of aliphatic hydroxyl groups is 1. The Balaban J connectivity index is 1.42. The summed E-state index contributed by atoms with van der Waals surface area (Å²) in [4.78, 5) is 13.9. The molecule has 1 heterocycles. The first-order chi connectivity index (χ1) is 12.2. The van der Waals surface area contributed by atoms with E-state index in [0.29, 0.717) is 17.6 Å². The molecule has 2 unspecified atom stereocenters. The Hall–Kier alpha value is -1.43. The highest BCUT2D eigenvalue weighted by Crippen LogP contribution is 2.26. The van der Waals surface area contributed by atoms with E-state index >= 15 is 0 Å². The normalized spacial score (nSPS) is 25.7. The molecule has 2 atom stereocenters. The number of piperidine rings is 1. The molecule has 1 aromatic carbocycles. The lowest BCUT2D eigenvalue weighted by Crippen LogP contribution is -2.51. The summed E-state index contributed by atoms with van der Waals surface area (Å²) in [5.74, 6) is -0.295. The van der Waals surface area contributed by atoms with Gasteiger partial charge in [-0.1, -0.05) is 25.0 Å². The summed E-state index contributed by atoms with van der Waals surface area (Å²) in [6.07, 6.45) is 6.65. The Labute approximate surface area is 150 Å². The van der Waals surface area contributed by atoms with Gasteiger partial charge in [0.15, 0.2) is 0 Å². The van der Waals surface area contributed by atoms with Crippen LogP contribution in [-0.2, 0) is 11.3 Å². The Bertz CT molecular complexity index is 553. The second-order valence-corrected chi connectivity index (χ2v) is 7.30. The maximum Gasteiger partial charge on any atom is 0.337 e. The first kappa shape index (κ1) is 18.4. The van der Waals surface area contributed by atoms with Crippen molar-refractivity contribution in [1.82, 2.24) is 10.2 Å². The second-order valence-electron chi connectivity index (χ2n) is 7.30. The van der Waals surface area contributed by atoms with E-state index in [2.05, 4.69) is 10.2 Å². The van der Waals surface area contributed by atoms with Crippen LogP contribution in [-0.4, -0.2) is 54.4 Å². The number of ether oxygens (including phenoxy) is 1. The third kappa shape index (κ3) is 4.81. The largest absolute Gasteiger partial charge is 0.465 e. The number of nitrogens with one attached hydrogen (secondary N) is 1. The molecule has 0 amide bonds. The number of hydrogen-bond donors (Lipinski definition) is 2. The Morgan fingerprint density at radius 2 is 1.84 bits per heavy atom. The number of carbonyl (C=O) groups is 1. The SMILES string of the molecule is COC(=O)c1ccc(CNC2CCN(C3CCCCC3O)CC2)cc1. The average molecular weight is 346 g/mol. The van der Waals surface area contributed by atoms with Crippen LogP contribution in [0.4, 0.5) is 0 Å². The van der Waals surface area contributed by atoms with Crippen LogP contribution in [0.15, 0.2) is 24.3 Å². The molecule has 0 radical (unpaired) electrons. The minimum atomic E-state index is -0.295. The molecule has 5 heteroatoms. The number of hydrogen-bond acceptors (Lipinski definition) is 5. The Morgan fingerprint density at radius 1 is 1.16 bits per heavy atom. The molecule has 3 rings (SSSR count). The standard InChI is InChI=1S/C20H30N2O3/c1-25-20(24)16-8-6-15(7-9-16)14-21-17-10-12-22(13-11-17)18-4-2-3-5-19(18)23/h6-9,17-19,21,23H,2-5,10-14H2,1H3. The van der Waals surface area contributed by atoms with Crippen LogP contribution in [0.25, 0.3) is 0 Å². The van der Waals surface area contributed by atoms with Crippen LogP contribution in [0.3, 0.4) is 0 Å². The highest BCUT2D eigenvalue weighted by Gasteiger charge is 2.31. The van der Waals surface area contributed by atoms with Gasteiger partial charge in [0.05, 0.1) is 18.8 Å². The molecule has 138 valence electrons. The summed E-state index contributed by atoms with van der Waals surface area (Å²) < 4.78 is 4.72. The summed E-state index contributed by atoms with van der Waals surface area (Å²) in [5, 5.41) is 13.9. The van der Waals surface area contributed by atoms with Crippen LogP contribution in [0.5, 0.6) is 0 Å². The van der Waals surface area contributed by atoms with Gasteiger partial charge in [0.1, 0.15) is 0 Å². The summed E-state index contributed by atoms with van der Waals surface area (Å²) >= 11 is 0. The van der Waals surface area contributed by atoms with Crippen LogP contribution in [0.1, 0.15) is 54.4 Å². The fourth-order valence-corrected chi connectivity index (χ4v) is 4.09. The topological polar surface area (TPSA) is 61.8 Å². The third-order valence-electron chi connectivity index (χ3n) is 5.66. The quantitative estimate of drug-likeness (QED) is 0.801. The van der Waals surface area contributed by atoms with E-state index in [1.54, 1.807) is 0 Å². The fourth-order valence-electron chi connectivity index (χ4n) is 4.09. The van der Waals surface area contributed by atoms with Gasteiger partial charge >= 0.3 is 5.97 Å². The van der Waals surface area contributed by atoms with E-state index in [0.717, 1.165) is 45.3 Å². The predicted octanol–water partition coefficient (Wildman–Crippen LogP) is 2.33. The molecule has 0 bridgehead atoms. The van der Waals surface area contributed by atoms with Gasteiger partial charge in [-0.15, -0.1) is 0 Å². The van der Waals surface area contributed by atoms with Crippen LogP contribution in [0.2, 0.25) is 0 Å². The number of rotatable bonds is 5. The van der Waals surface area contributed by atoms with Crippen molar-refractivity contribution in [3.63, 3.8) is 0 Å². The molecule has 1 aliphatic heterocycles. The molecule has 5 nitrogen and oxygen atoms in total. The van der Waals surface area contributed by atoms with E-state index in [1.807, 2.05) is 24.3 Å². The van der Waals surface area contributed by atoms with Gasteiger partial charge in [-0.25, -0.2) is 4.79 Å². The molecule has 1 aliphatic carbocycles. The molecule has 1 saturated carbocycles. The van der Waals surface area contributed by atoms with Crippen LogP contribution in [0, 0.1) is 0 Å². The van der Waals surface area contributed by atoms with Crippen molar-refractivity contribution in [2.75, 3.05) is 20.2 Å². The maximum absolute atomic E-state index is 11.5. The predicted molar refractivity (Wildman–Crippen MR) is 97.5 cm³/mol. The zero-order chi connectivity index (χ0) is 17.6. The monoisotopic (exact) mass is 346 g/mol. The highest BCUT2D eigenvalue weighted by molar-refractivity contribution is 5.89. The van der Waals surface area contributed by atoms with Gasteiger partial charge in [-0.2, -0.15) is 0 Å². The summed E-state index contributed by atoms with van der Waals surface area (Å²) in [7, 11) is 1.40. The van der Waals surface area contributed by atoms with Gasteiger partial charge in [0.2, 0.25) is 0 Å². The molecule has 1 saturated heterocycles. The van der Waals surface area contributed by atoms with Crippen LogP contribution >= 0.6 is 0 Å². The van der Waals surface area contributed by atoms with Crippen molar-refractivity contribution >= 4 is 5.97 Å². The number of carbonyl (C=O) groups excluding carboxylic acids is 1. The lowest BCUT2D eigenvalue weighted by Gasteiger charge is -2.41. The van der Waals surface area contributed by atoms with E-state index in [9.17, 15) is 9.90 Å². The molecule has 0 aromatic heterocycles. The van der Waals surface area contributed by atoms with Gasteiger partial charge in [0, 0.05) is 31.7 Å². The number of methoxy groups -OCH3 is 1. The van der Waals surface area contributed by atoms with E-state index in [4.69, 9.17) is 4.74 Å². The van der Waals surface area contributed by atoms with Crippen molar-refractivity contribution in [3.05, 3.63) is 35.4 Å². The van der Waals surface area contributed by atoms with Crippen molar-refractivity contribution in [3.8, 4) is 0 Å². The zero-order valence-corrected chi connectivity index (χ0v) is 15.1. The van der Waals surface area contributed by atoms with Crippen molar-refractivity contribution < 1.29 is 14.6 Å². The third-order valence-corrected chi connectivity index (χ3v) is 5.66. The van der Waals surface area contributed by atoms with Crippen LogP contribution < -0.4 is 5.32 Å². The van der Waals surface area contributed by atoms with E-state index in [1.165, 1.54) is 25.5 Å². The molecule has 2 N–H and O–H groups in total. The van der Waals surface area contributed by atoms with Gasteiger partial charge < -0.3 is 15.2 Å². The van der Waals surface area contributed by atoms with Gasteiger partial charge in [0.25, 0.3) is 0 Å². The second kappa shape index (κ2) is 8.79. The smallest absolute Gasteiger partial charge is 0.337 e.